The van der Waals surface area contributed by atoms with Crippen molar-refractivity contribution >= 4 is 22.7 Å². The van der Waals surface area contributed by atoms with Gasteiger partial charge in [-0.1, -0.05) is 6.07 Å². The number of aromatic nitrogens is 1. The van der Waals surface area contributed by atoms with E-state index in [4.69, 9.17) is 0 Å². The van der Waals surface area contributed by atoms with Gasteiger partial charge in [-0.15, -0.1) is 22.7 Å². The molecule has 0 amide bonds. The summed E-state index contributed by atoms with van der Waals surface area (Å²) in [7, 11) is 0. The maximum absolute atomic E-state index is 4.39. The second-order valence-electron chi connectivity index (χ2n) is 3.81. The van der Waals surface area contributed by atoms with Crippen LogP contribution in [-0.2, 0) is 6.42 Å². The average Bonchev–Trinajstić information content (AvgIpc) is 2.89. The average molecular weight is 252 g/mol. The highest BCUT2D eigenvalue weighted by Gasteiger charge is 2.08. The fraction of sp³-hybridized carbons (Fsp3) is 0.417. The summed E-state index contributed by atoms with van der Waals surface area (Å²) in [6.07, 6.45) is 3.05. The third kappa shape index (κ3) is 3.14. The molecule has 0 aliphatic rings. The van der Waals surface area contributed by atoms with Crippen molar-refractivity contribution in [1.29, 1.82) is 0 Å². The van der Waals surface area contributed by atoms with Crippen LogP contribution in [0, 0.1) is 6.92 Å². The monoisotopic (exact) mass is 252 g/mol. The van der Waals surface area contributed by atoms with Crippen molar-refractivity contribution in [3.63, 3.8) is 0 Å². The second kappa shape index (κ2) is 5.57. The largest absolute Gasteiger partial charge is 0.308 e. The van der Waals surface area contributed by atoms with Gasteiger partial charge in [0, 0.05) is 22.5 Å². The van der Waals surface area contributed by atoms with Crippen LogP contribution in [0.4, 0.5) is 0 Å². The van der Waals surface area contributed by atoms with Gasteiger partial charge in [-0.2, -0.15) is 0 Å². The van der Waals surface area contributed by atoms with Crippen molar-refractivity contribution in [3.8, 4) is 0 Å². The van der Waals surface area contributed by atoms with E-state index in [9.17, 15) is 0 Å². The maximum Gasteiger partial charge on any atom is 0.109 e. The van der Waals surface area contributed by atoms with Gasteiger partial charge in [0.1, 0.15) is 5.01 Å². The van der Waals surface area contributed by atoms with Crippen molar-refractivity contribution < 1.29 is 0 Å². The van der Waals surface area contributed by atoms with Crippen molar-refractivity contribution in [2.75, 3.05) is 6.54 Å². The topological polar surface area (TPSA) is 24.9 Å². The number of rotatable bonds is 5. The first kappa shape index (κ1) is 11.8. The lowest BCUT2D eigenvalue weighted by Crippen LogP contribution is -2.20. The first-order valence-electron chi connectivity index (χ1n) is 5.44. The molecule has 1 N–H and O–H groups in total. The molecule has 0 saturated heterocycles. The van der Waals surface area contributed by atoms with Gasteiger partial charge in [0.2, 0.25) is 0 Å². The molecule has 0 aliphatic carbocycles. The molecular formula is C12H16N2S2. The number of thiophene rings is 1. The van der Waals surface area contributed by atoms with Gasteiger partial charge in [0.15, 0.2) is 0 Å². The van der Waals surface area contributed by atoms with E-state index < -0.39 is 0 Å². The SMILES string of the molecule is Cc1cnc(C(C)NCCc2cccs2)s1. The molecule has 1 atom stereocenters. The number of nitrogens with one attached hydrogen (secondary N) is 1. The maximum atomic E-state index is 4.39. The van der Waals surface area contributed by atoms with E-state index in [1.807, 2.05) is 17.5 Å². The van der Waals surface area contributed by atoms with Crippen molar-refractivity contribution in [2.45, 2.75) is 26.3 Å². The standard InChI is InChI=1S/C12H16N2S2/c1-9-8-14-12(16-9)10(2)13-6-5-11-4-3-7-15-11/h3-4,7-8,10,13H,5-6H2,1-2H3. The van der Waals surface area contributed by atoms with Crippen LogP contribution in [0.25, 0.3) is 0 Å². The van der Waals surface area contributed by atoms with Crippen LogP contribution in [0.2, 0.25) is 0 Å². The first-order chi connectivity index (χ1) is 7.75. The predicted molar refractivity (Wildman–Crippen MR) is 71.3 cm³/mol. The van der Waals surface area contributed by atoms with Gasteiger partial charge in [-0.3, -0.25) is 0 Å². The summed E-state index contributed by atoms with van der Waals surface area (Å²) in [5.74, 6) is 0. The molecular weight excluding hydrogens is 236 g/mol. The Morgan fingerprint density at radius 1 is 1.50 bits per heavy atom. The summed E-state index contributed by atoms with van der Waals surface area (Å²) in [6, 6.07) is 4.65. The van der Waals surface area contributed by atoms with E-state index in [0.29, 0.717) is 6.04 Å². The van der Waals surface area contributed by atoms with Gasteiger partial charge in [-0.25, -0.2) is 4.98 Å². The molecule has 0 fully saturated rings. The minimum Gasteiger partial charge on any atom is -0.308 e. The summed E-state index contributed by atoms with van der Waals surface area (Å²) in [5.41, 5.74) is 0. The van der Waals surface area contributed by atoms with E-state index in [1.165, 1.54) is 14.8 Å². The molecule has 2 rings (SSSR count). The van der Waals surface area contributed by atoms with Crippen LogP contribution < -0.4 is 5.32 Å². The van der Waals surface area contributed by atoms with Crippen molar-refractivity contribution in [3.05, 3.63) is 38.5 Å². The fourth-order valence-electron chi connectivity index (χ4n) is 1.53. The highest BCUT2D eigenvalue weighted by Crippen LogP contribution is 2.18. The molecule has 4 heteroatoms. The van der Waals surface area contributed by atoms with Crippen molar-refractivity contribution in [1.82, 2.24) is 10.3 Å². The zero-order valence-corrected chi connectivity index (χ0v) is 11.2. The summed E-state index contributed by atoms with van der Waals surface area (Å²) in [6.45, 7) is 5.28. The quantitative estimate of drug-likeness (QED) is 0.882. The van der Waals surface area contributed by atoms with E-state index >= 15 is 0 Å². The Balaban J connectivity index is 1.78. The van der Waals surface area contributed by atoms with E-state index in [0.717, 1.165) is 13.0 Å². The molecule has 0 bridgehead atoms. The van der Waals surface area contributed by atoms with Gasteiger partial charge in [0.05, 0.1) is 6.04 Å². The zero-order chi connectivity index (χ0) is 11.4. The van der Waals surface area contributed by atoms with Crippen LogP contribution in [0.5, 0.6) is 0 Å². The normalized spacial score (nSPS) is 12.9. The van der Waals surface area contributed by atoms with Gasteiger partial charge < -0.3 is 5.32 Å². The highest BCUT2D eigenvalue weighted by atomic mass is 32.1. The lowest BCUT2D eigenvalue weighted by atomic mass is 10.3. The Labute approximate surface area is 104 Å². The Kier molecular flexibility index (Phi) is 4.09. The van der Waals surface area contributed by atoms with Crippen molar-refractivity contribution in [2.24, 2.45) is 0 Å². The molecule has 0 radical (unpaired) electrons. The number of aryl methyl sites for hydroxylation is 1. The van der Waals surface area contributed by atoms with Gasteiger partial charge in [-0.05, 0) is 31.7 Å². The second-order valence-corrected chi connectivity index (χ2v) is 6.11. The summed E-state index contributed by atoms with van der Waals surface area (Å²) in [4.78, 5) is 7.11. The molecule has 2 aromatic rings. The molecule has 0 aromatic carbocycles. The van der Waals surface area contributed by atoms with Crippen LogP contribution in [-0.4, -0.2) is 11.5 Å². The molecule has 2 heterocycles. The Bertz CT molecular complexity index is 420. The van der Waals surface area contributed by atoms with E-state index in [1.54, 1.807) is 11.3 Å². The predicted octanol–water partition coefficient (Wildman–Crippen LogP) is 3.41. The number of hydrogen-bond donors (Lipinski definition) is 1. The summed E-state index contributed by atoms with van der Waals surface area (Å²) in [5, 5.41) is 6.82. The minimum atomic E-state index is 0.360. The van der Waals surface area contributed by atoms with E-state index in [-0.39, 0.29) is 0 Å². The lowest BCUT2D eigenvalue weighted by molar-refractivity contribution is 0.576. The fourth-order valence-corrected chi connectivity index (χ4v) is 3.04. The van der Waals surface area contributed by atoms with Crippen LogP contribution in [0.3, 0.4) is 0 Å². The molecule has 0 spiro atoms. The summed E-state index contributed by atoms with van der Waals surface area (Å²) >= 11 is 3.59. The molecule has 0 aliphatic heterocycles. The molecule has 86 valence electrons. The molecule has 1 unspecified atom stereocenters. The van der Waals surface area contributed by atoms with Crippen LogP contribution in [0.1, 0.15) is 27.7 Å². The van der Waals surface area contributed by atoms with E-state index in [2.05, 4.69) is 41.7 Å². The highest BCUT2D eigenvalue weighted by molar-refractivity contribution is 7.11. The molecule has 2 aromatic heterocycles. The third-order valence-corrected chi connectivity index (χ3v) is 4.44. The molecule has 2 nitrogen and oxygen atoms in total. The first-order valence-corrected chi connectivity index (χ1v) is 7.13. The molecule has 0 saturated carbocycles. The van der Waals surface area contributed by atoms with Gasteiger partial charge in [0.25, 0.3) is 0 Å². The van der Waals surface area contributed by atoms with Gasteiger partial charge >= 0.3 is 0 Å². The third-order valence-electron chi connectivity index (χ3n) is 2.41. The van der Waals surface area contributed by atoms with Crippen LogP contribution in [0.15, 0.2) is 23.7 Å². The smallest absolute Gasteiger partial charge is 0.109 e. The lowest BCUT2D eigenvalue weighted by Gasteiger charge is -2.10. The Morgan fingerprint density at radius 3 is 3.00 bits per heavy atom. The number of thiazole rings is 1. The Morgan fingerprint density at radius 2 is 2.38 bits per heavy atom. The zero-order valence-electron chi connectivity index (χ0n) is 9.56. The Hall–Kier alpha value is -0.710. The van der Waals surface area contributed by atoms with Crippen LogP contribution >= 0.6 is 22.7 Å². The molecule has 16 heavy (non-hydrogen) atoms. The minimum absolute atomic E-state index is 0.360. The summed E-state index contributed by atoms with van der Waals surface area (Å²) < 4.78 is 0. The number of nitrogens with zero attached hydrogens (tertiary/aromatic N) is 1. The number of hydrogen-bond acceptors (Lipinski definition) is 4.